The monoisotopic (exact) mass is 428 g/mol. The first-order chi connectivity index (χ1) is 14.9. The highest BCUT2D eigenvalue weighted by molar-refractivity contribution is 5.92. The Bertz CT molecular complexity index is 1180. The van der Waals surface area contributed by atoms with Crippen molar-refractivity contribution in [3.8, 4) is 11.3 Å². The largest absolute Gasteiger partial charge is 0.375 e. The molecule has 31 heavy (non-hydrogen) atoms. The zero-order chi connectivity index (χ0) is 21.7. The molecule has 0 radical (unpaired) electrons. The summed E-state index contributed by atoms with van der Waals surface area (Å²) in [6.07, 6.45) is 1.24. The normalized spacial score (nSPS) is 15.5. The van der Waals surface area contributed by atoms with Gasteiger partial charge in [0.2, 0.25) is 0 Å². The minimum absolute atomic E-state index is 0.204. The van der Waals surface area contributed by atoms with Crippen LogP contribution < -0.4 is 0 Å². The number of carbonyl (C=O) groups excluding carboxylic acids is 1. The van der Waals surface area contributed by atoms with Crippen LogP contribution in [0.2, 0.25) is 0 Å². The first-order valence-electron chi connectivity index (χ1n) is 9.98. The van der Waals surface area contributed by atoms with Crippen LogP contribution in [-0.2, 0) is 37.8 Å². The van der Waals surface area contributed by atoms with Crippen molar-refractivity contribution in [2.24, 2.45) is 7.05 Å². The van der Waals surface area contributed by atoms with Crippen molar-refractivity contribution < 1.29 is 22.7 Å². The van der Waals surface area contributed by atoms with Crippen molar-refractivity contribution in [3.63, 3.8) is 0 Å². The van der Waals surface area contributed by atoms with E-state index < -0.39 is 17.5 Å². The maximum atomic E-state index is 13.8. The number of hydrogen-bond acceptors (Lipinski definition) is 4. The molecule has 0 unspecified atom stereocenters. The molecule has 0 saturated heterocycles. The summed E-state index contributed by atoms with van der Waals surface area (Å²) in [7, 11) is 1.66. The van der Waals surface area contributed by atoms with E-state index in [0.717, 1.165) is 35.4 Å². The number of carbonyl (C=O) groups is 1. The maximum Gasteiger partial charge on any atom is 0.272 e. The van der Waals surface area contributed by atoms with Gasteiger partial charge < -0.3 is 9.64 Å². The van der Waals surface area contributed by atoms with Gasteiger partial charge in [-0.1, -0.05) is 6.07 Å². The van der Waals surface area contributed by atoms with E-state index in [1.165, 1.54) is 4.68 Å². The quantitative estimate of drug-likeness (QED) is 0.589. The van der Waals surface area contributed by atoms with Crippen molar-refractivity contribution in [1.29, 1.82) is 0 Å². The average Bonchev–Trinajstić information content (AvgIpc) is 3.11. The van der Waals surface area contributed by atoms with E-state index in [4.69, 9.17) is 4.74 Å². The molecule has 3 aromatic rings. The fourth-order valence-corrected chi connectivity index (χ4v) is 4.26. The van der Waals surface area contributed by atoms with Gasteiger partial charge in [-0.2, -0.15) is 5.10 Å². The van der Waals surface area contributed by atoms with Gasteiger partial charge in [-0.05, 0) is 36.6 Å². The lowest BCUT2D eigenvalue weighted by atomic mass is 9.99. The standard InChI is InChI=1S/C22H19F3N4O2/c1-28-21(13-8-15(23)20(25)16(24)9-13)14-4-6-29(10-18(14)27-28)22(30)17-3-2-12-5-7-31-11-19(12)26-17/h2-3,8-9H,4-7,10-11H2,1H3. The van der Waals surface area contributed by atoms with Gasteiger partial charge in [0.1, 0.15) is 5.69 Å². The highest BCUT2D eigenvalue weighted by atomic mass is 19.2. The van der Waals surface area contributed by atoms with E-state index >= 15 is 0 Å². The van der Waals surface area contributed by atoms with E-state index in [2.05, 4.69) is 10.1 Å². The Kier molecular flexibility index (Phi) is 4.77. The van der Waals surface area contributed by atoms with Gasteiger partial charge in [0.25, 0.3) is 5.91 Å². The van der Waals surface area contributed by atoms with Gasteiger partial charge in [-0.3, -0.25) is 9.48 Å². The third-order valence-electron chi connectivity index (χ3n) is 5.79. The molecule has 1 amide bonds. The third kappa shape index (κ3) is 3.38. The lowest BCUT2D eigenvalue weighted by Crippen LogP contribution is -2.36. The van der Waals surface area contributed by atoms with Crippen LogP contribution in [0.3, 0.4) is 0 Å². The smallest absolute Gasteiger partial charge is 0.272 e. The number of ether oxygens (including phenoxy) is 1. The molecule has 4 heterocycles. The third-order valence-corrected chi connectivity index (χ3v) is 5.79. The van der Waals surface area contributed by atoms with Gasteiger partial charge >= 0.3 is 0 Å². The molecule has 0 aliphatic carbocycles. The van der Waals surface area contributed by atoms with Crippen LogP contribution in [0.4, 0.5) is 13.2 Å². The number of aryl methyl sites for hydroxylation is 1. The molecule has 160 valence electrons. The molecule has 2 aliphatic rings. The fraction of sp³-hybridized carbons (Fsp3) is 0.318. The number of fused-ring (bicyclic) bond motifs is 2. The van der Waals surface area contributed by atoms with E-state index in [1.807, 2.05) is 6.07 Å². The first-order valence-corrected chi connectivity index (χ1v) is 9.98. The number of halogens is 3. The van der Waals surface area contributed by atoms with Crippen molar-refractivity contribution >= 4 is 5.91 Å². The predicted octanol–water partition coefficient (Wildman–Crippen LogP) is 3.17. The zero-order valence-corrected chi connectivity index (χ0v) is 16.8. The highest BCUT2D eigenvalue weighted by Crippen LogP contribution is 2.32. The van der Waals surface area contributed by atoms with Crippen molar-refractivity contribution in [2.75, 3.05) is 13.2 Å². The molecule has 0 atom stereocenters. The molecule has 0 bridgehead atoms. The van der Waals surface area contributed by atoms with Gasteiger partial charge in [0, 0.05) is 24.7 Å². The average molecular weight is 428 g/mol. The minimum Gasteiger partial charge on any atom is -0.375 e. The number of amides is 1. The SMILES string of the molecule is Cn1nc2c(c1-c1cc(F)c(F)c(F)c1)CCN(C(=O)c1ccc3c(n1)COCC3)C2. The summed E-state index contributed by atoms with van der Waals surface area (Å²) in [5.74, 6) is -4.20. The maximum absolute atomic E-state index is 13.8. The van der Waals surface area contributed by atoms with E-state index in [9.17, 15) is 18.0 Å². The van der Waals surface area contributed by atoms with E-state index in [-0.39, 0.29) is 18.0 Å². The lowest BCUT2D eigenvalue weighted by Gasteiger charge is -2.27. The molecule has 0 N–H and O–H groups in total. The van der Waals surface area contributed by atoms with Crippen molar-refractivity contribution in [1.82, 2.24) is 19.7 Å². The van der Waals surface area contributed by atoms with Gasteiger partial charge in [0.15, 0.2) is 17.5 Å². The van der Waals surface area contributed by atoms with Crippen LogP contribution in [0.15, 0.2) is 24.3 Å². The Balaban J connectivity index is 1.43. The number of rotatable bonds is 2. The second kappa shape index (κ2) is 7.49. The Morgan fingerprint density at radius 2 is 1.87 bits per heavy atom. The molecule has 0 fully saturated rings. The van der Waals surface area contributed by atoms with Crippen LogP contribution >= 0.6 is 0 Å². The topological polar surface area (TPSA) is 60.2 Å². The molecule has 0 saturated carbocycles. The number of hydrogen-bond donors (Lipinski definition) is 0. The van der Waals surface area contributed by atoms with Gasteiger partial charge in [0.05, 0.1) is 36.8 Å². The molecule has 2 aromatic heterocycles. The Hall–Kier alpha value is -3.20. The summed E-state index contributed by atoms with van der Waals surface area (Å²) < 4.78 is 47.8. The second-order valence-electron chi connectivity index (χ2n) is 7.73. The molecule has 6 nitrogen and oxygen atoms in total. The predicted molar refractivity (Wildman–Crippen MR) is 105 cm³/mol. The molecular weight excluding hydrogens is 409 g/mol. The summed E-state index contributed by atoms with van der Waals surface area (Å²) in [6.45, 7) is 1.71. The number of aromatic nitrogens is 3. The molecule has 0 spiro atoms. The molecular formula is C22H19F3N4O2. The van der Waals surface area contributed by atoms with Crippen molar-refractivity contribution in [2.45, 2.75) is 26.0 Å². The van der Waals surface area contributed by atoms with Crippen LogP contribution in [-0.4, -0.2) is 38.7 Å². The fourth-order valence-electron chi connectivity index (χ4n) is 4.26. The zero-order valence-electron chi connectivity index (χ0n) is 16.8. The summed E-state index contributed by atoms with van der Waals surface area (Å²) in [5, 5.41) is 4.45. The Morgan fingerprint density at radius 1 is 1.10 bits per heavy atom. The first kappa shape index (κ1) is 19.7. The minimum atomic E-state index is -1.50. The van der Waals surface area contributed by atoms with Crippen LogP contribution in [0.5, 0.6) is 0 Å². The Morgan fingerprint density at radius 3 is 2.65 bits per heavy atom. The Labute approximate surface area is 176 Å². The van der Waals surface area contributed by atoms with Crippen LogP contribution in [0, 0.1) is 17.5 Å². The molecule has 1 aromatic carbocycles. The van der Waals surface area contributed by atoms with E-state index in [0.29, 0.717) is 43.3 Å². The second-order valence-corrected chi connectivity index (χ2v) is 7.73. The molecule has 2 aliphatic heterocycles. The van der Waals surface area contributed by atoms with Crippen LogP contribution in [0.25, 0.3) is 11.3 Å². The highest BCUT2D eigenvalue weighted by Gasteiger charge is 2.29. The van der Waals surface area contributed by atoms with Crippen molar-refractivity contribution in [3.05, 3.63) is 69.9 Å². The summed E-state index contributed by atoms with van der Waals surface area (Å²) in [4.78, 5) is 19.2. The van der Waals surface area contributed by atoms with Gasteiger partial charge in [-0.15, -0.1) is 0 Å². The van der Waals surface area contributed by atoms with E-state index in [1.54, 1.807) is 18.0 Å². The molecule has 5 rings (SSSR count). The van der Waals surface area contributed by atoms with Gasteiger partial charge in [-0.25, -0.2) is 18.2 Å². The summed E-state index contributed by atoms with van der Waals surface area (Å²) in [5.41, 5.74) is 4.40. The lowest BCUT2D eigenvalue weighted by molar-refractivity contribution is 0.0723. The van der Waals surface area contributed by atoms with Crippen LogP contribution in [0.1, 0.15) is 33.0 Å². The summed E-state index contributed by atoms with van der Waals surface area (Å²) in [6, 6.07) is 5.58. The number of nitrogens with zero attached hydrogens (tertiary/aromatic N) is 4. The molecule has 9 heteroatoms. The number of pyridine rings is 1. The summed E-state index contributed by atoms with van der Waals surface area (Å²) >= 11 is 0. The number of benzene rings is 1.